The summed E-state index contributed by atoms with van der Waals surface area (Å²) in [5.41, 5.74) is 4.04. The van der Waals surface area contributed by atoms with Crippen LogP contribution in [-0.4, -0.2) is 155 Å². The molecule has 83 heavy (non-hydrogen) atoms. The van der Waals surface area contributed by atoms with Gasteiger partial charge in [0.15, 0.2) is 11.6 Å². The Morgan fingerprint density at radius 1 is 0.880 bits per heavy atom. The highest BCUT2D eigenvalue weighted by Crippen LogP contribution is 2.37. The number of methoxy groups -OCH3 is 1. The molecule has 1 saturated heterocycles. The van der Waals surface area contributed by atoms with Gasteiger partial charge in [0.25, 0.3) is 11.8 Å². The van der Waals surface area contributed by atoms with E-state index in [1.54, 1.807) is 76.4 Å². The first-order chi connectivity index (χ1) is 39.8. The first kappa shape index (κ1) is 62.9. The van der Waals surface area contributed by atoms with Crippen molar-refractivity contribution in [2.24, 2.45) is 0 Å². The number of aromatic nitrogens is 3. The van der Waals surface area contributed by atoms with E-state index in [0.717, 1.165) is 68.8 Å². The van der Waals surface area contributed by atoms with Crippen LogP contribution < -0.4 is 30.2 Å². The number of Topliss-reactive ketones (excluding diaryl/α,β-unsaturated/α-hetero) is 2. The van der Waals surface area contributed by atoms with Gasteiger partial charge in [0.2, 0.25) is 0 Å². The number of anilines is 2. The summed E-state index contributed by atoms with van der Waals surface area (Å²) in [6, 6.07) is 17.4. The van der Waals surface area contributed by atoms with Crippen molar-refractivity contribution in [1.82, 2.24) is 35.2 Å². The third-order valence-corrected chi connectivity index (χ3v) is 15.9. The fourth-order valence-corrected chi connectivity index (χ4v) is 10.4. The van der Waals surface area contributed by atoms with E-state index in [0.29, 0.717) is 69.7 Å². The maximum Gasteiger partial charge on any atom is 0.322 e. The van der Waals surface area contributed by atoms with Gasteiger partial charge in [-0.3, -0.25) is 34.0 Å². The molecule has 20 heteroatoms. The summed E-state index contributed by atoms with van der Waals surface area (Å²) in [5, 5.41) is 15.9. The molecule has 0 spiro atoms. The van der Waals surface area contributed by atoms with Gasteiger partial charge < -0.3 is 54.4 Å². The van der Waals surface area contributed by atoms with E-state index in [-0.39, 0.29) is 62.9 Å². The number of rotatable bonds is 31. The average Bonchev–Trinajstić information content (AvgIpc) is 3.83. The molecule has 0 bridgehead atoms. The number of urea groups is 1. The number of ether oxygens (including phenoxy) is 5. The summed E-state index contributed by atoms with van der Waals surface area (Å²) in [5.74, 6) is -0.707. The molecule has 0 aliphatic carbocycles. The Hall–Kier alpha value is -7.65. The number of hydrogen-bond donors (Lipinski definition) is 5. The van der Waals surface area contributed by atoms with Gasteiger partial charge in [0.05, 0.1) is 43.2 Å². The van der Waals surface area contributed by atoms with E-state index in [1.165, 1.54) is 0 Å². The van der Waals surface area contributed by atoms with E-state index < -0.39 is 40.9 Å². The predicted molar refractivity (Wildman–Crippen MR) is 320 cm³/mol. The predicted octanol–water partition coefficient (Wildman–Crippen LogP) is 9.39. The molecule has 2 aromatic heterocycles. The molecule has 0 saturated carbocycles. The summed E-state index contributed by atoms with van der Waals surface area (Å²) in [6.07, 6.45) is 6.38. The number of hydrogen-bond acceptors (Lipinski definition) is 14. The zero-order valence-corrected chi connectivity index (χ0v) is 49.9. The zero-order valence-electron chi connectivity index (χ0n) is 49.9. The van der Waals surface area contributed by atoms with E-state index in [4.69, 9.17) is 23.7 Å². The van der Waals surface area contributed by atoms with Crippen LogP contribution in [0.5, 0.6) is 17.2 Å². The van der Waals surface area contributed by atoms with Gasteiger partial charge in [0, 0.05) is 73.5 Å². The van der Waals surface area contributed by atoms with Gasteiger partial charge in [-0.1, -0.05) is 45.9 Å². The highest BCUT2D eigenvalue weighted by Gasteiger charge is 2.42. The molecule has 0 radical (unpaired) electrons. The number of carbonyl (C=O) groups is 6. The number of likely N-dealkylation sites (N-methyl/N-ethyl adjacent to an activating group) is 1. The number of nitrogens with one attached hydrogen (secondary N) is 5. The first-order valence-corrected chi connectivity index (χ1v) is 29.0. The highest BCUT2D eigenvalue weighted by molar-refractivity contribution is 6.35. The number of aryl methyl sites for hydroxylation is 1. The maximum absolute atomic E-state index is 14.4. The molecule has 3 unspecified atom stereocenters. The normalized spacial score (nSPS) is 15.5. The van der Waals surface area contributed by atoms with Crippen LogP contribution in [0.1, 0.15) is 125 Å². The molecule has 4 amide bonds. The van der Waals surface area contributed by atoms with Crippen molar-refractivity contribution in [3.8, 4) is 28.4 Å². The Labute approximate surface area is 487 Å². The summed E-state index contributed by atoms with van der Waals surface area (Å²) >= 11 is 0. The Morgan fingerprint density at radius 3 is 2.34 bits per heavy atom. The molecular formula is C63H83N9O11. The standard InChI is InChI=1S/C63H83N9O11/c1-11-62(8,55(73)24-25-56(74)82-48-21-23-51-49(36-48)50(59(76)68-51)37-53-41(5)57(42(6)67-53)60(77)64-26-29-70(13-3)14-4)83-43(7)58(75)63(9,12-2)81-33-31-72(40-44-18-17-19-47(34-44)79-10)61(78)69-52-22-20-45(46-38-65-66-39-46)35-54(52)80-32-30-71-27-15-16-28-71/h17-23,34-39,43,67H,11-16,24-33,40H2,1-10H3,(H,64,77)(H,65,66)(H,68,76)(H,69,78)/b50-37-. The molecule has 20 nitrogen and oxygen atoms in total. The minimum Gasteiger partial charge on any atom is -0.497 e. The molecule has 5 aromatic rings. The van der Waals surface area contributed by atoms with Gasteiger partial charge in [-0.05, 0) is 152 Å². The van der Waals surface area contributed by atoms with E-state index in [9.17, 15) is 28.8 Å². The fraction of sp³-hybridized carbons (Fsp3) is 0.476. The van der Waals surface area contributed by atoms with Gasteiger partial charge in [0.1, 0.15) is 41.2 Å². The fourth-order valence-electron chi connectivity index (χ4n) is 10.4. The molecule has 4 heterocycles. The highest BCUT2D eigenvalue weighted by atomic mass is 16.5. The van der Waals surface area contributed by atoms with E-state index in [2.05, 4.69) is 54.8 Å². The van der Waals surface area contributed by atoms with E-state index in [1.807, 2.05) is 63.2 Å². The van der Waals surface area contributed by atoms with Crippen molar-refractivity contribution >= 4 is 58.4 Å². The molecule has 446 valence electrons. The number of H-pyrrole nitrogens is 2. The van der Waals surface area contributed by atoms with Crippen molar-refractivity contribution in [3.05, 3.63) is 107 Å². The van der Waals surface area contributed by atoms with Crippen LogP contribution in [0.15, 0.2) is 73.1 Å². The third-order valence-electron chi connectivity index (χ3n) is 15.9. The molecular weight excluding hydrogens is 1060 g/mol. The molecule has 2 aliphatic rings. The first-order valence-electron chi connectivity index (χ1n) is 29.0. The Balaban J connectivity index is 0.958. The quantitative estimate of drug-likeness (QED) is 0.0158. The topological polar surface area (TPSA) is 239 Å². The number of benzene rings is 3. The van der Waals surface area contributed by atoms with Crippen LogP contribution in [0, 0.1) is 13.8 Å². The summed E-state index contributed by atoms with van der Waals surface area (Å²) in [6.45, 7) is 22.8. The lowest BCUT2D eigenvalue weighted by atomic mass is 9.91. The van der Waals surface area contributed by atoms with Gasteiger partial charge in [-0.25, -0.2) is 4.79 Å². The maximum atomic E-state index is 14.4. The van der Waals surface area contributed by atoms with Crippen molar-refractivity contribution in [2.45, 2.75) is 125 Å². The largest absolute Gasteiger partial charge is 0.497 e. The molecule has 5 N–H and O–H groups in total. The zero-order chi connectivity index (χ0) is 59.8. The Bertz CT molecular complexity index is 3110. The number of likely N-dealkylation sites (tertiary alicyclic amines) is 1. The summed E-state index contributed by atoms with van der Waals surface area (Å²) in [4.78, 5) is 92.0. The smallest absolute Gasteiger partial charge is 0.322 e. The average molecular weight is 1140 g/mol. The van der Waals surface area contributed by atoms with E-state index >= 15 is 0 Å². The summed E-state index contributed by atoms with van der Waals surface area (Å²) < 4.78 is 30.3. The lowest BCUT2D eigenvalue weighted by Crippen LogP contribution is -2.50. The minimum absolute atomic E-state index is 0.0234. The number of aromatic amines is 2. The van der Waals surface area contributed by atoms with Gasteiger partial charge in [-0.15, -0.1) is 0 Å². The van der Waals surface area contributed by atoms with Crippen LogP contribution in [0.25, 0.3) is 22.8 Å². The molecule has 1 fully saturated rings. The number of esters is 1. The number of ketones is 2. The van der Waals surface area contributed by atoms with Crippen LogP contribution in [0.3, 0.4) is 0 Å². The lowest BCUT2D eigenvalue weighted by Gasteiger charge is -2.35. The van der Waals surface area contributed by atoms with Crippen molar-refractivity contribution in [1.29, 1.82) is 0 Å². The van der Waals surface area contributed by atoms with Crippen molar-refractivity contribution in [2.75, 3.05) is 83.3 Å². The van der Waals surface area contributed by atoms with Gasteiger partial charge >= 0.3 is 12.0 Å². The Morgan fingerprint density at radius 2 is 1.64 bits per heavy atom. The van der Waals surface area contributed by atoms with Crippen LogP contribution in [0.2, 0.25) is 0 Å². The number of amides is 4. The molecule has 2 aliphatic heterocycles. The van der Waals surface area contributed by atoms with Crippen molar-refractivity contribution < 1.29 is 52.5 Å². The second kappa shape index (κ2) is 29.0. The van der Waals surface area contributed by atoms with Crippen LogP contribution >= 0.6 is 0 Å². The molecule has 7 rings (SSSR count). The second-order valence-electron chi connectivity index (χ2n) is 21.5. The Kier molecular flexibility index (Phi) is 22.0. The second-order valence-corrected chi connectivity index (χ2v) is 21.5. The number of fused-ring (bicyclic) bond motifs is 1. The number of nitrogens with zero attached hydrogens (tertiary/aromatic N) is 4. The minimum atomic E-state index is -1.44. The monoisotopic (exact) mass is 1140 g/mol. The number of carbonyl (C=O) groups excluding carboxylic acids is 6. The van der Waals surface area contributed by atoms with Gasteiger partial charge in [-0.2, -0.15) is 5.10 Å². The van der Waals surface area contributed by atoms with Crippen molar-refractivity contribution in [3.63, 3.8) is 0 Å². The lowest BCUT2D eigenvalue weighted by molar-refractivity contribution is -0.170. The van der Waals surface area contributed by atoms with Crippen LogP contribution in [0.4, 0.5) is 16.2 Å². The third kappa shape index (κ3) is 16.1. The molecule has 3 aromatic carbocycles. The SMILES string of the molecule is CCN(CC)CCNC(=O)c1c(C)[nH]c(/C=C2\C(=O)Nc3ccc(OC(=O)CCC(=O)C(C)(CC)OC(C)C(=O)C(C)(CC)OCCN(Cc4cccc(OC)c4)C(=O)Nc4ccc(-c5cn[nH]c5)cc4OCCN4CCCC4)cc32)c1C. The van der Waals surface area contributed by atoms with Crippen LogP contribution in [-0.2, 0) is 35.2 Å². The molecule has 3 atom stereocenters. The summed E-state index contributed by atoms with van der Waals surface area (Å²) in [7, 11) is 1.58.